The van der Waals surface area contributed by atoms with Crippen LogP contribution in [0.2, 0.25) is 0 Å². The number of carbonyl (C=O) groups is 1. The van der Waals surface area contributed by atoms with Gasteiger partial charge in [-0.15, -0.1) is 0 Å². The lowest BCUT2D eigenvalue weighted by molar-refractivity contribution is 0.0689. The second-order valence-corrected chi connectivity index (χ2v) is 8.05. The number of aromatic carboxylic acids is 1. The van der Waals surface area contributed by atoms with Crippen LogP contribution in [0.5, 0.6) is 11.5 Å². The molecule has 152 valence electrons. The number of nitrogens with zero attached hydrogens (tertiary/aromatic N) is 2. The highest BCUT2D eigenvalue weighted by atomic mass is 16.5. The van der Waals surface area contributed by atoms with Crippen LogP contribution >= 0.6 is 0 Å². The zero-order chi connectivity index (χ0) is 20.0. The maximum absolute atomic E-state index is 11.5. The van der Waals surface area contributed by atoms with E-state index in [-0.39, 0.29) is 11.0 Å². The summed E-state index contributed by atoms with van der Waals surface area (Å²) in [6, 6.07) is 3.68. The van der Waals surface area contributed by atoms with E-state index >= 15 is 0 Å². The van der Waals surface area contributed by atoms with Gasteiger partial charge in [0.15, 0.2) is 0 Å². The van der Waals surface area contributed by atoms with E-state index in [1.165, 1.54) is 20.6 Å². The summed E-state index contributed by atoms with van der Waals surface area (Å²) in [7, 11) is 5.17. The van der Waals surface area contributed by atoms with Gasteiger partial charge in [-0.2, -0.15) is 0 Å². The lowest BCUT2D eigenvalue weighted by Crippen LogP contribution is -2.44. The fourth-order valence-electron chi connectivity index (χ4n) is 3.63. The third-order valence-corrected chi connectivity index (χ3v) is 5.62. The molecule has 0 saturated carbocycles. The van der Waals surface area contributed by atoms with Crippen LogP contribution in [-0.2, 0) is 5.41 Å². The van der Waals surface area contributed by atoms with Crippen molar-refractivity contribution < 1.29 is 19.4 Å². The Bertz CT molecular complexity index is 612. The second kappa shape index (κ2) is 9.42. The van der Waals surface area contributed by atoms with Gasteiger partial charge < -0.3 is 24.4 Å². The van der Waals surface area contributed by atoms with Gasteiger partial charge in [0.05, 0.1) is 14.2 Å². The molecule has 6 nitrogen and oxygen atoms in total. The van der Waals surface area contributed by atoms with Gasteiger partial charge in [0, 0.05) is 26.2 Å². The number of ether oxygens (including phenoxy) is 2. The molecule has 1 aliphatic rings. The Kier molecular flexibility index (Phi) is 7.50. The van der Waals surface area contributed by atoms with Gasteiger partial charge in [-0.1, -0.05) is 20.3 Å². The maximum atomic E-state index is 11.5. The molecule has 0 radical (unpaired) electrons. The zero-order valence-corrected chi connectivity index (χ0v) is 17.4. The average Bonchev–Trinajstić information content (AvgIpc) is 2.65. The summed E-state index contributed by atoms with van der Waals surface area (Å²) >= 11 is 0. The molecule has 27 heavy (non-hydrogen) atoms. The number of benzene rings is 1. The van der Waals surface area contributed by atoms with Crippen molar-refractivity contribution in [2.24, 2.45) is 0 Å². The molecule has 1 aromatic carbocycles. The number of likely N-dealkylation sites (N-methyl/N-ethyl adjacent to an activating group) is 1. The van der Waals surface area contributed by atoms with Crippen LogP contribution in [-0.4, -0.2) is 74.9 Å². The van der Waals surface area contributed by atoms with E-state index in [2.05, 4.69) is 30.7 Å². The molecule has 0 bridgehead atoms. The molecule has 1 heterocycles. The van der Waals surface area contributed by atoms with E-state index in [0.29, 0.717) is 11.5 Å². The van der Waals surface area contributed by atoms with Crippen LogP contribution in [0, 0.1) is 0 Å². The van der Waals surface area contributed by atoms with Crippen LogP contribution in [0.3, 0.4) is 0 Å². The Morgan fingerprint density at radius 1 is 1.07 bits per heavy atom. The first-order valence-electron chi connectivity index (χ1n) is 9.69. The highest BCUT2D eigenvalue weighted by Crippen LogP contribution is 2.37. The van der Waals surface area contributed by atoms with E-state index in [1.54, 1.807) is 0 Å². The minimum Gasteiger partial charge on any atom is -0.496 e. The van der Waals surface area contributed by atoms with E-state index in [0.717, 1.165) is 51.1 Å². The molecular weight excluding hydrogens is 344 g/mol. The molecule has 1 fully saturated rings. The largest absolute Gasteiger partial charge is 0.496 e. The summed E-state index contributed by atoms with van der Waals surface area (Å²) in [5, 5.41) is 9.45. The number of carboxylic acids is 1. The Morgan fingerprint density at radius 3 is 2.11 bits per heavy atom. The van der Waals surface area contributed by atoms with Crippen molar-refractivity contribution in [3.63, 3.8) is 0 Å². The topological polar surface area (TPSA) is 62.2 Å². The van der Waals surface area contributed by atoms with Crippen molar-refractivity contribution in [1.29, 1.82) is 0 Å². The molecule has 0 aliphatic carbocycles. The highest BCUT2D eigenvalue weighted by molar-refractivity contribution is 5.94. The number of carboxylic acid groups (broad SMARTS) is 1. The Morgan fingerprint density at radius 2 is 1.63 bits per heavy atom. The van der Waals surface area contributed by atoms with Gasteiger partial charge >= 0.3 is 5.97 Å². The zero-order valence-electron chi connectivity index (χ0n) is 17.4. The quantitative estimate of drug-likeness (QED) is 0.666. The smallest absolute Gasteiger partial charge is 0.343 e. The summed E-state index contributed by atoms with van der Waals surface area (Å²) < 4.78 is 10.7. The average molecular weight is 379 g/mol. The molecule has 0 unspecified atom stereocenters. The third-order valence-electron chi connectivity index (χ3n) is 5.62. The van der Waals surface area contributed by atoms with E-state index in [4.69, 9.17) is 9.47 Å². The summed E-state index contributed by atoms with van der Waals surface area (Å²) in [5.74, 6) is -0.343. The highest BCUT2D eigenvalue weighted by Gasteiger charge is 2.26. The fourth-order valence-corrected chi connectivity index (χ4v) is 3.63. The molecule has 1 saturated heterocycles. The number of hydrogen-bond donors (Lipinski definition) is 1. The predicted molar refractivity (Wildman–Crippen MR) is 107 cm³/mol. The van der Waals surface area contributed by atoms with Crippen molar-refractivity contribution in [3.8, 4) is 11.5 Å². The minimum atomic E-state index is -1.04. The molecule has 6 heteroatoms. The van der Waals surface area contributed by atoms with Crippen LogP contribution in [0.15, 0.2) is 12.1 Å². The summed E-state index contributed by atoms with van der Waals surface area (Å²) in [4.78, 5) is 16.5. The summed E-state index contributed by atoms with van der Waals surface area (Å²) in [6.45, 7) is 10.2. The molecule has 1 N–H and O–H groups in total. The molecular formula is C21H34N2O4. The lowest BCUT2D eigenvalue weighted by atomic mass is 9.79. The molecule has 0 amide bonds. The van der Waals surface area contributed by atoms with E-state index in [1.807, 2.05) is 12.1 Å². The number of methoxy groups -OCH3 is 2. The first kappa shape index (κ1) is 21.5. The van der Waals surface area contributed by atoms with E-state index < -0.39 is 5.97 Å². The normalized spacial score (nSPS) is 16.3. The van der Waals surface area contributed by atoms with Crippen LogP contribution in [0.1, 0.15) is 49.0 Å². The van der Waals surface area contributed by atoms with Crippen LogP contribution in [0.4, 0.5) is 0 Å². The Balaban J connectivity index is 1.99. The van der Waals surface area contributed by atoms with Crippen LogP contribution in [0.25, 0.3) is 0 Å². The van der Waals surface area contributed by atoms with Crippen molar-refractivity contribution in [3.05, 3.63) is 23.3 Å². The van der Waals surface area contributed by atoms with Gasteiger partial charge in [0.25, 0.3) is 0 Å². The molecule has 0 spiro atoms. The Labute approximate surface area is 163 Å². The van der Waals surface area contributed by atoms with Gasteiger partial charge in [0.1, 0.15) is 17.1 Å². The first-order valence-corrected chi connectivity index (χ1v) is 9.69. The number of hydrogen-bond acceptors (Lipinski definition) is 5. The Hall–Kier alpha value is -1.79. The van der Waals surface area contributed by atoms with Crippen molar-refractivity contribution in [2.75, 3.05) is 54.0 Å². The number of rotatable bonds is 9. The van der Waals surface area contributed by atoms with Crippen molar-refractivity contribution >= 4 is 5.97 Å². The maximum Gasteiger partial charge on any atom is 0.343 e. The standard InChI is InChI=1S/C21H34N2O4/c1-21(2,8-6-7-9-23-12-10-22(3)11-13-23)16-14-17(26-4)19(20(24)25)18(15-16)27-5/h14-15H,6-13H2,1-5H3,(H,24,25). The summed E-state index contributed by atoms with van der Waals surface area (Å²) in [6.07, 6.45) is 3.33. The molecule has 1 aliphatic heterocycles. The SMILES string of the molecule is COc1cc(C(C)(C)CCCCN2CCN(C)CC2)cc(OC)c1C(=O)O. The van der Waals surface area contributed by atoms with Gasteiger partial charge in [-0.25, -0.2) is 4.79 Å². The van der Waals surface area contributed by atoms with Crippen LogP contribution < -0.4 is 9.47 Å². The molecule has 2 rings (SSSR count). The molecule has 1 aromatic rings. The van der Waals surface area contributed by atoms with Gasteiger partial charge in [-0.05, 0) is 49.5 Å². The fraction of sp³-hybridized carbons (Fsp3) is 0.667. The third kappa shape index (κ3) is 5.59. The summed E-state index contributed by atoms with van der Waals surface area (Å²) in [5.41, 5.74) is 1.04. The lowest BCUT2D eigenvalue weighted by Gasteiger charge is -2.32. The second-order valence-electron chi connectivity index (χ2n) is 8.05. The monoisotopic (exact) mass is 378 g/mol. The predicted octanol–water partition coefficient (Wildman–Crippen LogP) is 3.10. The van der Waals surface area contributed by atoms with Gasteiger partial charge in [0.2, 0.25) is 0 Å². The number of unbranched alkanes of at least 4 members (excludes halogenated alkanes) is 1. The van der Waals surface area contributed by atoms with E-state index in [9.17, 15) is 9.90 Å². The first-order chi connectivity index (χ1) is 12.8. The molecule has 0 atom stereocenters. The van der Waals surface area contributed by atoms with Crippen molar-refractivity contribution in [1.82, 2.24) is 9.80 Å². The number of piperazine rings is 1. The minimum absolute atomic E-state index is 0.0783. The molecule has 0 aromatic heterocycles. The van der Waals surface area contributed by atoms with Gasteiger partial charge in [-0.3, -0.25) is 0 Å². The van der Waals surface area contributed by atoms with Crippen molar-refractivity contribution in [2.45, 2.75) is 38.5 Å².